The lowest BCUT2D eigenvalue weighted by atomic mass is 10.2. The van der Waals surface area contributed by atoms with Crippen LogP contribution in [0.4, 0.5) is 0 Å². The molecular weight excluding hydrogens is 234 g/mol. The van der Waals surface area contributed by atoms with Gasteiger partial charge in [-0.05, 0) is 32.4 Å². The predicted molar refractivity (Wildman–Crippen MR) is 85.8 cm³/mol. The van der Waals surface area contributed by atoms with Crippen LogP contribution in [0.5, 0.6) is 0 Å². The summed E-state index contributed by atoms with van der Waals surface area (Å²) in [6.07, 6.45) is 7.90. The molecule has 0 saturated carbocycles. The number of aliphatic imine (C=N–C) groups is 1. The standard InChI is InChI=1S/C16H29N3/c1-7-9-10-11-18-14(5)16(17)15(6)19(8-2)12-13(3)4/h8,10-11,13H,2,7,9,12,17H2,1,3-6H3/b11-10+,16-15-,18-14-. The van der Waals surface area contributed by atoms with Gasteiger partial charge in [-0.25, -0.2) is 0 Å². The van der Waals surface area contributed by atoms with Crippen molar-refractivity contribution in [3.8, 4) is 0 Å². The van der Waals surface area contributed by atoms with E-state index in [0.717, 1.165) is 36.5 Å². The quantitative estimate of drug-likeness (QED) is 0.671. The molecule has 0 aliphatic heterocycles. The number of hydrogen-bond acceptors (Lipinski definition) is 3. The normalized spacial score (nSPS) is 13.9. The van der Waals surface area contributed by atoms with Crippen LogP contribution in [-0.4, -0.2) is 17.2 Å². The van der Waals surface area contributed by atoms with Gasteiger partial charge in [0.25, 0.3) is 0 Å². The monoisotopic (exact) mass is 263 g/mol. The number of rotatable bonds is 8. The highest BCUT2D eigenvalue weighted by atomic mass is 15.1. The van der Waals surface area contributed by atoms with Crippen molar-refractivity contribution in [2.45, 2.75) is 47.5 Å². The number of unbranched alkanes of at least 4 members (excludes halogenated alkanes) is 1. The van der Waals surface area contributed by atoms with Crippen molar-refractivity contribution in [2.75, 3.05) is 6.54 Å². The molecule has 3 heteroatoms. The number of nitrogens with two attached hydrogens (primary N) is 1. The largest absolute Gasteiger partial charge is 0.396 e. The van der Waals surface area contributed by atoms with Crippen molar-refractivity contribution in [1.82, 2.24) is 4.90 Å². The minimum absolute atomic E-state index is 0.558. The predicted octanol–water partition coefficient (Wildman–Crippen LogP) is 4.05. The first-order valence-corrected chi connectivity index (χ1v) is 6.99. The van der Waals surface area contributed by atoms with Crippen molar-refractivity contribution in [2.24, 2.45) is 16.6 Å². The molecule has 2 N–H and O–H groups in total. The Kier molecular flexibility index (Phi) is 8.68. The van der Waals surface area contributed by atoms with Crippen LogP contribution in [0.1, 0.15) is 47.5 Å². The van der Waals surface area contributed by atoms with Gasteiger partial charge in [0.1, 0.15) is 0 Å². The average Bonchev–Trinajstić information content (AvgIpc) is 2.38. The van der Waals surface area contributed by atoms with Gasteiger partial charge in [-0.2, -0.15) is 0 Å². The van der Waals surface area contributed by atoms with Gasteiger partial charge in [0.15, 0.2) is 0 Å². The van der Waals surface area contributed by atoms with Gasteiger partial charge in [-0.1, -0.05) is 39.8 Å². The third-order valence-electron chi connectivity index (χ3n) is 2.82. The molecule has 3 nitrogen and oxygen atoms in total. The number of allylic oxidation sites excluding steroid dienone is 3. The third kappa shape index (κ3) is 6.85. The van der Waals surface area contributed by atoms with Crippen molar-refractivity contribution < 1.29 is 0 Å². The molecular formula is C16H29N3. The molecule has 0 aromatic rings. The summed E-state index contributed by atoms with van der Waals surface area (Å²) in [5.41, 5.74) is 8.73. The highest BCUT2D eigenvalue weighted by molar-refractivity contribution is 5.98. The van der Waals surface area contributed by atoms with Crippen molar-refractivity contribution in [3.05, 3.63) is 36.4 Å². The first-order chi connectivity index (χ1) is 8.93. The smallest absolute Gasteiger partial charge is 0.0725 e. The van der Waals surface area contributed by atoms with Crippen LogP contribution in [0.25, 0.3) is 0 Å². The molecule has 0 fully saturated rings. The van der Waals surface area contributed by atoms with Gasteiger partial charge in [-0.15, -0.1) is 0 Å². The highest BCUT2D eigenvalue weighted by Gasteiger charge is 2.09. The van der Waals surface area contributed by atoms with E-state index < -0.39 is 0 Å². The summed E-state index contributed by atoms with van der Waals surface area (Å²) in [5.74, 6) is 0.558. The van der Waals surface area contributed by atoms with E-state index in [2.05, 4.69) is 43.3 Å². The summed E-state index contributed by atoms with van der Waals surface area (Å²) in [5, 5.41) is 0. The van der Waals surface area contributed by atoms with Gasteiger partial charge in [0, 0.05) is 18.4 Å². The molecule has 0 heterocycles. The summed E-state index contributed by atoms with van der Waals surface area (Å²) in [6.45, 7) is 15.2. The van der Waals surface area contributed by atoms with Crippen LogP contribution in [0.3, 0.4) is 0 Å². The maximum Gasteiger partial charge on any atom is 0.0725 e. The van der Waals surface area contributed by atoms with E-state index in [9.17, 15) is 0 Å². The Hall–Kier alpha value is -1.51. The molecule has 19 heavy (non-hydrogen) atoms. The summed E-state index contributed by atoms with van der Waals surface area (Å²) in [4.78, 5) is 6.45. The maximum atomic E-state index is 6.15. The number of hydrogen-bond donors (Lipinski definition) is 1. The maximum absolute atomic E-state index is 6.15. The zero-order chi connectivity index (χ0) is 14.8. The van der Waals surface area contributed by atoms with Crippen LogP contribution >= 0.6 is 0 Å². The molecule has 0 aliphatic rings. The van der Waals surface area contributed by atoms with Gasteiger partial charge < -0.3 is 10.6 Å². The lowest BCUT2D eigenvalue weighted by molar-refractivity contribution is 0.396. The molecule has 0 unspecified atom stereocenters. The van der Waals surface area contributed by atoms with E-state index in [-0.39, 0.29) is 0 Å². The zero-order valence-corrected chi connectivity index (χ0v) is 13.1. The van der Waals surface area contributed by atoms with E-state index in [1.165, 1.54) is 0 Å². The molecule has 0 bridgehead atoms. The Morgan fingerprint density at radius 3 is 2.47 bits per heavy atom. The van der Waals surface area contributed by atoms with E-state index in [0.29, 0.717) is 5.92 Å². The van der Waals surface area contributed by atoms with Crippen molar-refractivity contribution in [3.63, 3.8) is 0 Å². The molecule has 0 rings (SSSR count). The van der Waals surface area contributed by atoms with E-state index in [1.807, 2.05) is 26.2 Å². The fraction of sp³-hybridized carbons (Fsp3) is 0.562. The van der Waals surface area contributed by atoms with Crippen molar-refractivity contribution >= 4 is 5.71 Å². The lowest BCUT2D eigenvalue weighted by Crippen LogP contribution is -2.25. The first kappa shape index (κ1) is 17.5. The van der Waals surface area contributed by atoms with Gasteiger partial charge >= 0.3 is 0 Å². The van der Waals surface area contributed by atoms with Crippen LogP contribution in [0, 0.1) is 5.92 Å². The molecule has 0 aliphatic carbocycles. The molecule has 0 aromatic heterocycles. The summed E-state index contributed by atoms with van der Waals surface area (Å²) >= 11 is 0. The van der Waals surface area contributed by atoms with E-state index >= 15 is 0 Å². The second-order valence-corrected chi connectivity index (χ2v) is 5.12. The van der Waals surface area contributed by atoms with Gasteiger partial charge in [0.2, 0.25) is 0 Å². The van der Waals surface area contributed by atoms with Crippen LogP contribution in [-0.2, 0) is 0 Å². The Bertz CT molecular complexity index is 362. The van der Waals surface area contributed by atoms with Crippen molar-refractivity contribution in [1.29, 1.82) is 0 Å². The Morgan fingerprint density at radius 2 is 2.00 bits per heavy atom. The molecule has 0 aromatic carbocycles. The zero-order valence-electron chi connectivity index (χ0n) is 13.1. The van der Waals surface area contributed by atoms with Crippen LogP contribution < -0.4 is 5.73 Å². The SMILES string of the molecule is C=CN(CC(C)C)/C(C)=C(N)/C(C)=N\C=C\CCC. The van der Waals surface area contributed by atoms with E-state index in [4.69, 9.17) is 5.73 Å². The average molecular weight is 263 g/mol. The van der Waals surface area contributed by atoms with Crippen LogP contribution in [0.2, 0.25) is 0 Å². The Balaban J connectivity index is 4.93. The fourth-order valence-corrected chi connectivity index (χ4v) is 1.63. The molecule has 108 valence electrons. The highest BCUT2D eigenvalue weighted by Crippen LogP contribution is 2.11. The van der Waals surface area contributed by atoms with Crippen LogP contribution in [0.15, 0.2) is 41.4 Å². The molecule has 0 spiro atoms. The minimum atomic E-state index is 0.558. The summed E-state index contributed by atoms with van der Waals surface area (Å²) in [6, 6.07) is 0. The first-order valence-electron chi connectivity index (χ1n) is 6.99. The molecule has 0 atom stereocenters. The molecule has 0 saturated heterocycles. The van der Waals surface area contributed by atoms with Gasteiger partial charge in [-0.3, -0.25) is 4.99 Å². The fourth-order valence-electron chi connectivity index (χ4n) is 1.63. The molecule has 0 amide bonds. The third-order valence-corrected chi connectivity index (χ3v) is 2.82. The number of nitrogens with zero attached hydrogens (tertiary/aromatic N) is 2. The second-order valence-electron chi connectivity index (χ2n) is 5.12. The summed E-state index contributed by atoms with van der Waals surface area (Å²) in [7, 11) is 0. The second kappa shape index (κ2) is 9.42. The lowest BCUT2D eigenvalue weighted by Gasteiger charge is -2.24. The minimum Gasteiger partial charge on any atom is -0.396 e. The Morgan fingerprint density at radius 1 is 1.37 bits per heavy atom. The topological polar surface area (TPSA) is 41.6 Å². The van der Waals surface area contributed by atoms with Gasteiger partial charge in [0.05, 0.1) is 11.4 Å². The Labute approximate surface area is 118 Å². The van der Waals surface area contributed by atoms with E-state index in [1.54, 1.807) is 0 Å². The molecule has 0 radical (unpaired) electrons. The summed E-state index contributed by atoms with van der Waals surface area (Å²) < 4.78 is 0.